The van der Waals surface area contributed by atoms with Crippen molar-refractivity contribution in [3.05, 3.63) is 36.2 Å². The summed E-state index contributed by atoms with van der Waals surface area (Å²) in [6, 6.07) is 5.63. The predicted octanol–water partition coefficient (Wildman–Crippen LogP) is 2.88. The van der Waals surface area contributed by atoms with Crippen molar-refractivity contribution >= 4 is 21.8 Å². The standard InChI is InChI=1S/C16H15F2N3O4S/c1-23-13-5-6-19-12(14(13)24-2)8-26(22)16-20-10-4-3-9(25-15(17)18)7-11(10)21-16/h3-7,15H,8H2,1-2H3,(H,20,21)/i1D,2D. The number of aromatic nitrogens is 3. The highest BCUT2D eigenvalue weighted by Gasteiger charge is 2.17. The summed E-state index contributed by atoms with van der Waals surface area (Å²) in [6.45, 7) is -2.95. The maximum Gasteiger partial charge on any atom is 0.387 e. The molecule has 2 aromatic heterocycles. The number of aromatic amines is 1. The first kappa shape index (κ1) is 15.5. The van der Waals surface area contributed by atoms with Crippen LogP contribution in [0.1, 0.15) is 8.44 Å². The average molecular weight is 385 g/mol. The molecule has 10 heteroatoms. The Bertz CT molecular complexity index is 990. The first-order valence-corrected chi connectivity index (χ1v) is 8.48. The normalized spacial score (nSPS) is 13.3. The molecule has 1 atom stereocenters. The number of fused-ring (bicyclic) bond motifs is 1. The Balaban J connectivity index is 1.85. The first-order valence-electron chi connectivity index (χ1n) is 8.58. The Labute approximate surface area is 152 Å². The summed E-state index contributed by atoms with van der Waals surface area (Å²) in [6.07, 6.45) is 1.42. The highest BCUT2D eigenvalue weighted by Crippen LogP contribution is 2.30. The molecule has 0 aliphatic rings. The molecule has 0 radical (unpaired) electrons. The number of pyridine rings is 1. The number of nitrogens with zero attached hydrogens (tertiary/aromatic N) is 2. The van der Waals surface area contributed by atoms with E-state index in [2.05, 4.69) is 19.7 Å². The van der Waals surface area contributed by atoms with Crippen LogP contribution in [0.15, 0.2) is 35.6 Å². The van der Waals surface area contributed by atoms with Crippen LogP contribution in [0.2, 0.25) is 0 Å². The lowest BCUT2D eigenvalue weighted by atomic mass is 10.3. The summed E-state index contributed by atoms with van der Waals surface area (Å²) in [5.74, 6) is 0.228. The second-order valence-electron chi connectivity index (χ2n) is 4.96. The molecule has 1 aromatic carbocycles. The van der Waals surface area contributed by atoms with Crippen LogP contribution in [0, 0.1) is 0 Å². The smallest absolute Gasteiger partial charge is 0.387 e. The highest BCUT2D eigenvalue weighted by atomic mass is 32.2. The Morgan fingerprint density at radius 1 is 1.31 bits per heavy atom. The molecule has 0 spiro atoms. The van der Waals surface area contributed by atoms with Gasteiger partial charge in [0, 0.05) is 18.3 Å². The van der Waals surface area contributed by atoms with E-state index in [0.29, 0.717) is 11.0 Å². The fourth-order valence-electron chi connectivity index (χ4n) is 2.28. The third-order valence-corrected chi connectivity index (χ3v) is 4.54. The molecule has 0 saturated heterocycles. The molecular weight excluding hydrogens is 368 g/mol. The van der Waals surface area contributed by atoms with E-state index in [1.165, 1.54) is 30.5 Å². The van der Waals surface area contributed by atoms with Crippen molar-refractivity contribution in [3.8, 4) is 17.2 Å². The highest BCUT2D eigenvalue weighted by molar-refractivity contribution is 7.84. The average Bonchev–Trinajstić information content (AvgIpc) is 3.07. The van der Waals surface area contributed by atoms with Gasteiger partial charge < -0.3 is 19.2 Å². The summed E-state index contributed by atoms with van der Waals surface area (Å²) < 4.78 is 66.5. The molecule has 1 N–H and O–H groups in total. The number of imidazole rings is 1. The molecule has 1 unspecified atom stereocenters. The van der Waals surface area contributed by atoms with Crippen LogP contribution in [-0.2, 0) is 16.6 Å². The number of hydrogen-bond donors (Lipinski definition) is 1. The van der Waals surface area contributed by atoms with E-state index < -0.39 is 24.5 Å². The molecule has 7 nitrogen and oxygen atoms in total. The van der Waals surface area contributed by atoms with Gasteiger partial charge in [0.15, 0.2) is 16.7 Å². The summed E-state index contributed by atoms with van der Waals surface area (Å²) >= 11 is 0. The minimum Gasteiger partial charge on any atom is -0.493 e. The van der Waals surface area contributed by atoms with E-state index in [9.17, 15) is 13.0 Å². The van der Waals surface area contributed by atoms with Crippen molar-refractivity contribution in [1.29, 1.82) is 0 Å². The molecule has 3 rings (SSSR count). The summed E-state index contributed by atoms with van der Waals surface area (Å²) in [5.41, 5.74) is 1.11. The zero-order chi connectivity index (χ0) is 20.1. The minimum atomic E-state index is -2.95. The van der Waals surface area contributed by atoms with Crippen molar-refractivity contribution in [1.82, 2.24) is 15.0 Å². The quantitative estimate of drug-likeness (QED) is 0.673. The van der Waals surface area contributed by atoms with Gasteiger partial charge in [0.1, 0.15) is 5.75 Å². The molecule has 0 bridgehead atoms. The number of nitrogens with one attached hydrogen (secondary N) is 1. The molecule has 0 amide bonds. The lowest BCUT2D eigenvalue weighted by Gasteiger charge is -2.10. The predicted molar refractivity (Wildman–Crippen MR) is 90.2 cm³/mol. The van der Waals surface area contributed by atoms with Gasteiger partial charge >= 0.3 is 6.61 Å². The third-order valence-electron chi connectivity index (χ3n) is 3.38. The van der Waals surface area contributed by atoms with Crippen molar-refractivity contribution in [3.63, 3.8) is 0 Å². The summed E-state index contributed by atoms with van der Waals surface area (Å²) in [7, 11) is -2.43. The summed E-state index contributed by atoms with van der Waals surface area (Å²) in [5, 5.41) is 0.120. The van der Waals surface area contributed by atoms with Crippen LogP contribution in [0.25, 0.3) is 11.0 Å². The number of halogens is 2. The molecule has 3 aromatic rings. The first-order chi connectivity index (χ1) is 13.5. The van der Waals surface area contributed by atoms with Crippen molar-refractivity contribution < 1.29 is 29.9 Å². The molecule has 0 aliphatic carbocycles. The van der Waals surface area contributed by atoms with Crippen LogP contribution < -0.4 is 14.2 Å². The second kappa shape index (κ2) is 7.65. The SMILES string of the molecule is [2H]COc1ccnc(CS(=O)c2nc3ccc(OC(F)F)cc3[nH]2)c1OC[2H]. The van der Waals surface area contributed by atoms with Gasteiger partial charge in [0.05, 0.1) is 50.2 Å². The minimum absolute atomic E-state index is 0.0449. The van der Waals surface area contributed by atoms with Crippen LogP contribution in [0.3, 0.4) is 0 Å². The Kier molecular flexibility index (Phi) is 4.56. The largest absolute Gasteiger partial charge is 0.493 e. The lowest BCUT2D eigenvalue weighted by molar-refractivity contribution is -0.0497. The van der Waals surface area contributed by atoms with Gasteiger partial charge in [0.2, 0.25) is 0 Å². The van der Waals surface area contributed by atoms with Gasteiger partial charge in [-0.2, -0.15) is 8.78 Å². The molecule has 0 saturated carbocycles. The number of ether oxygens (including phenoxy) is 3. The molecule has 138 valence electrons. The Morgan fingerprint density at radius 2 is 2.15 bits per heavy atom. The van der Waals surface area contributed by atoms with Gasteiger partial charge in [-0.25, -0.2) is 4.98 Å². The maximum atomic E-state index is 12.7. The molecule has 0 aliphatic heterocycles. The zero-order valence-corrected chi connectivity index (χ0v) is 14.1. The van der Waals surface area contributed by atoms with Gasteiger partial charge in [-0.3, -0.25) is 9.19 Å². The molecule has 26 heavy (non-hydrogen) atoms. The second-order valence-corrected chi connectivity index (χ2v) is 6.33. The van der Waals surface area contributed by atoms with Gasteiger partial charge in [-0.1, -0.05) is 0 Å². The zero-order valence-electron chi connectivity index (χ0n) is 15.3. The number of benzene rings is 1. The number of methoxy groups -OCH3 is 2. The van der Waals surface area contributed by atoms with E-state index in [4.69, 9.17) is 12.2 Å². The fraction of sp³-hybridized carbons (Fsp3) is 0.250. The monoisotopic (exact) mass is 385 g/mol. The van der Waals surface area contributed by atoms with Crippen molar-refractivity contribution in [2.24, 2.45) is 0 Å². The number of hydrogen-bond acceptors (Lipinski definition) is 6. The van der Waals surface area contributed by atoms with E-state index in [-0.39, 0.29) is 40.9 Å². The summed E-state index contributed by atoms with van der Waals surface area (Å²) in [4.78, 5) is 11.1. The van der Waals surface area contributed by atoms with Crippen molar-refractivity contribution in [2.75, 3.05) is 14.2 Å². The van der Waals surface area contributed by atoms with E-state index >= 15 is 0 Å². The lowest BCUT2D eigenvalue weighted by Crippen LogP contribution is -2.04. The van der Waals surface area contributed by atoms with E-state index in [1.54, 1.807) is 0 Å². The van der Waals surface area contributed by atoms with Gasteiger partial charge in [0.25, 0.3) is 0 Å². The molecule has 2 heterocycles. The van der Waals surface area contributed by atoms with Gasteiger partial charge in [-0.15, -0.1) is 0 Å². The topological polar surface area (TPSA) is 86.3 Å². The maximum absolute atomic E-state index is 12.7. The number of rotatable bonds is 7. The van der Waals surface area contributed by atoms with Gasteiger partial charge in [-0.05, 0) is 12.1 Å². The van der Waals surface area contributed by atoms with E-state index in [1.807, 2.05) is 0 Å². The molecular formula is C16H15F2N3O4S. The number of alkyl halides is 2. The number of H-pyrrole nitrogens is 1. The van der Waals surface area contributed by atoms with Crippen LogP contribution in [0.5, 0.6) is 17.2 Å². The fourth-order valence-corrected chi connectivity index (χ4v) is 3.30. The molecule has 0 fully saturated rings. The van der Waals surface area contributed by atoms with E-state index in [0.717, 1.165) is 0 Å². The Morgan fingerprint density at radius 3 is 2.92 bits per heavy atom. The third kappa shape index (κ3) is 3.74. The van der Waals surface area contributed by atoms with Crippen LogP contribution in [0.4, 0.5) is 8.78 Å². The van der Waals surface area contributed by atoms with Crippen LogP contribution >= 0.6 is 0 Å². The van der Waals surface area contributed by atoms with Crippen LogP contribution in [-0.4, -0.2) is 39.9 Å². The van der Waals surface area contributed by atoms with Crippen molar-refractivity contribution in [2.45, 2.75) is 17.5 Å². The Hall–Kier alpha value is -2.75.